The molecule has 0 aromatic heterocycles. The number of para-hydroxylation sites is 1. The molecule has 1 atom stereocenters. The van der Waals surface area contributed by atoms with Crippen LogP contribution in [0.4, 0.5) is 5.69 Å². The summed E-state index contributed by atoms with van der Waals surface area (Å²) in [6.07, 6.45) is 3.53. The summed E-state index contributed by atoms with van der Waals surface area (Å²) in [5.74, 6) is -1.38. The van der Waals surface area contributed by atoms with Crippen LogP contribution in [0.15, 0.2) is 54.6 Å². The van der Waals surface area contributed by atoms with E-state index in [4.69, 9.17) is 9.47 Å². The van der Waals surface area contributed by atoms with E-state index >= 15 is 0 Å². The van der Waals surface area contributed by atoms with E-state index in [-0.39, 0.29) is 12.5 Å². The third-order valence-corrected chi connectivity index (χ3v) is 5.19. The number of methoxy groups -OCH3 is 1. The lowest BCUT2D eigenvalue weighted by atomic mass is 10.2. The highest BCUT2D eigenvalue weighted by Crippen LogP contribution is 2.13. The molecule has 9 nitrogen and oxygen atoms in total. The van der Waals surface area contributed by atoms with Crippen LogP contribution >= 0.6 is 0 Å². The lowest BCUT2D eigenvalue weighted by Crippen LogP contribution is -2.43. The van der Waals surface area contributed by atoms with E-state index in [1.165, 1.54) is 17.9 Å². The highest BCUT2D eigenvalue weighted by atomic mass is 16.5. The number of carbonyl (C=O) groups is 4. The molecule has 36 heavy (non-hydrogen) atoms. The zero-order chi connectivity index (χ0) is 26.5. The number of nitrogens with zero attached hydrogens (tertiary/aromatic N) is 1. The number of amides is 3. The average Bonchev–Trinajstić information content (AvgIpc) is 2.87. The van der Waals surface area contributed by atoms with Crippen molar-refractivity contribution in [1.82, 2.24) is 10.2 Å². The number of esters is 1. The van der Waals surface area contributed by atoms with E-state index in [1.807, 2.05) is 32.0 Å². The fraction of sp³-hybridized carbons (Fsp3) is 0.333. The summed E-state index contributed by atoms with van der Waals surface area (Å²) >= 11 is 0. The molecule has 9 heteroatoms. The zero-order valence-corrected chi connectivity index (χ0v) is 21.1. The van der Waals surface area contributed by atoms with Crippen molar-refractivity contribution >= 4 is 35.5 Å². The summed E-state index contributed by atoms with van der Waals surface area (Å²) < 4.78 is 10.2. The Morgan fingerprint density at radius 2 is 1.75 bits per heavy atom. The molecule has 0 aliphatic carbocycles. The minimum absolute atomic E-state index is 0.166. The standard InChI is InChI=1S/C27H33N3O6/c1-5-16-30(17-25(32)29-23-9-7-6-8-19(23)2)26(33)18-36-27(34)20(3)28-24(31)15-12-21-10-13-22(35-4)14-11-21/h6-15,20H,5,16-18H2,1-4H3,(H,28,31)(H,29,32)/t20-/m0/s1. The molecular formula is C27H33N3O6. The second-order valence-electron chi connectivity index (χ2n) is 8.12. The van der Waals surface area contributed by atoms with Crippen molar-refractivity contribution in [2.24, 2.45) is 0 Å². The van der Waals surface area contributed by atoms with Crippen molar-refractivity contribution in [2.45, 2.75) is 33.2 Å². The number of benzene rings is 2. The maximum absolute atomic E-state index is 12.6. The Labute approximate surface area is 211 Å². The van der Waals surface area contributed by atoms with Crippen LogP contribution in [0.3, 0.4) is 0 Å². The van der Waals surface area contributed by atoms with Crippen LogP contribution < -0.4 is 15.4 Å². The van der Waals surface area contributed by atoms with Crippen LogP contribution in [0, 0.1) is 6.92 Å². The van der Waals surface area contributed by atoms with Gasteiger partial charge in [0.15, 0.2) is 6.61 Å². The molecule has 2 aromatic rings. The predicted molar refractivity (Wildman–Crippen MR) is 137 cm³/mol. The van der Waals surface area contributed by atoms with Crippen molar-refractivity contribution in [1.29, 1.82) is 0 Å². The van der Waals surface area contributed by atoms with Crippen molar-refractivity contribution in [2.75, 3.05) is 32.1 Å². The number of hydrogen-bond acceptors (Lipinski definition) is 6. The Bertz CT molecular complexity index is 1080. The maximum Gasteiger partial charge on any atom is 0.328 e. The molecule has 0 aliphatic rings. The Hall–Kier alpha value is -4.14. The van der Waals surface area contributed by atoms with Gasteiger partial charge < -0.3 is 25.0 Å². The molecule has 0 radical (unpaired) electrons. The highest BCUT2D eigenvalue weighted by Gasteiger charge is 2.21. The third-order valence-electron chi connectivity index (χ3n) is 5.19. The fourth-order valence-electron chi connectivity index (χ4n) is 3.19. The van der Waals surface area contributed by atoms with Gasteiger partial charge >= 0.3 is 5.97 Å². The van der Waals surface area contributed by atoms with Gasteiger partial charge in [0.1, 0.15) is 11.8 Å². The summed E-state index contributed by atoms with van der Waals surface area (Å²) in [6, 6.07) is 13.5. The number of hydrogen-bond donors (Lipinski definition) is 2. The van der Waals surface area contributed by atoms with Crippen LogP contribution in [0.25, 0.3) is 6.08 Å². The summed E-state index contributed by atoms with van der Waals surface area (Å²) in [7, 11) is 1.57. The van der Waals surface area contributed by atoms with Crippen LogP contribution in [-0.2, 0) is 23.9 Å². The number of anilines is 1. The van der Waals surface area contributed by atoms with E-state index in [0.717, 1.165) is 11.1 Å². The quantitative estimate of drug-likeness (QED) is 0.346. The van der Waals surface area contributed by atoms with Crippen LogP contribution in [-0.4, -0.2) is 61.4 Å². The molecule has 3 amide bonds. The average molecular weight is 496 g/mol. The van der Waals surface area contributed by atoms with Gasteiger partial charge in [-0.2, -0.15) is 0 Å². The van der Waals surface area contributed by atoms with Gasteiger partial charge in [-0.25, -0.2) is 4.79 Å². The Balaban J connectivity index is 1.82. The third kappa shape index (κ3) is 9.25. The van der Waals surface area contributed by atoms with Crippen molar-refractivity contribution in [3.63, 3.8) is 0 Å². The van der Waals surface area contributed by atoms with Crippen LogP contribution in [0.1, 0.15) is 31.4 Å². The molecule has 2 N–H and O–H groups in total. The molecule has 2 aromatic carbocycles. The lowest BCUT2D eigenvalue weighted by Gasteiger charge is -2.22. The van der Waals surface area contributed by atoms with Gasteiger partial charge in [-0.3, -0.25) is 14.4 Å². The summed E-state index contributed by atoms with van der Waals surface area (Å²) in [5, 5.41) is 5.29. The molecule has 0 heterocycles. The van der Waals surface area contributed by atoms with Gasteiger partial charge in [0.2, 0.25) is 11.8 Å². The molecule has 0 spiro atoms. The van der Waals surface area contributed by atoms with Crippen molar-refractivity contribution in [3.8, 4) is 5.75 Å². The highest BCUT2D eigenvalue weighted by molar-refractivity contribution is 5.96. The predicted octanol–water partition coefficient (Wildman–Crippen LogP) is 2.94. The molecule has 192 valence electrons. The van der Waals surface area contributed by atoms with E-state index in [0.29, 0.717) is 24.4 Å². The number of aryl methyl sites for hydroxylation is 1. The lowest BCUT2D eigenvalue weighted by molar-refractivity contribution is -0.154. The first-order valence-corrected chi connectivity index (χ1v) is 11.7. The first kappa shape index (κ1) is 28.1. The molecule has 0 fully saturated rings. The first-order chi connectivity index (χ1) is 17.2. The minimum Gasteiger partial charge on any atom is -0.497 e. The SMILES string of the molecule is CCCN(CC(=O)Nc1ccccc1C)C(=O)COC(=O)[C@H](C)NC(=O)C=Cc1ccc(OC)cc1. The number of ether oxygens (including phenoxy) is 2. The minimum atomic E-state index is -0.963. The summed E-state index contributed by atoms with van der Waals surface area (Å²) in [6.45, 7) is 4.85. The molecule has 0 saturated heterocycles. The normalized spacial score (nSPS) is 11.4. The van der Waals surface area contributed by atoms with E-state index in [1.54, 1.807) is 43.5 Å². The van der Waals surface area contributed by atoms with Crippen molar-refractivity contribution < 1.29 is 28.7 Å². The Morgan fingerprint density at radius 3 is 2.39 bits per heavy atom. The summed E-state index contributed by atoms with van der Waals surface area (Å²) in [4.78, 5) is 50.8. The first-order valence-electron chi connectivity index (χ1n) is 11.7. The molecule has 0 unspecified atom stereocenters. The molecule has 0 aliphatic heterocycles. The van der Waals surface area contributed by atoms with Crippen LogP contribution in [0.5, 0.6) is 5.75 Å². The van der Waals surface area contributed by atoms with Gasteiger partial charge in [-0.05, 0) is 55.7 Å². The van der Waals surface area contributed by atoms with Gasteiger partial charge in [0, 0.05) is 18.3 Å². The van der Waals surface area contributed by atoms with Gasteiger partial charge in [0.25, 0.3) is 5.91 Å². The zero-order valence-electron chi connectivity index (χ0n) is 21.1. The maximum atomic E-state index is 12.6. The molecule has 2 rings (SSSR count). The smallest absolute Gasteiger partial charge is 0.328 e. The molecule has 0 bridgehead atoms. The van der Waals surface area contributed by atoms with Crippen molar-refractivity contribution in [3.05, 3.63) is 65.7 Å². The van der Waals surface area contributed by atoms with E-state index in [9.17, 15) is 19.2 Å². The number of rotatable bonds is 12. The van der Waals surface area contributed by atoms with Gasteiger partial charge in [0.05, 0.1) is 13.7 Å². The topological polar surface area (TPSA) is 114 Å². The second kappa shape index (κ2) is 14.3. The number of carbonyl (C=O) groups excluding carboxylic acids is 4. The van der Waals surface area contributed by atoms with E-state index < -0.39 is 30.4 Å². The Kier molecular flexibility index (Phi) is 11.2. The van der Waals surface area contributed by atoms with Crippen LogP contribution in [0.2, 0.25) is 0 Å². The fourth-order valence-corrected chi connectivity index (χ4v) is 3.19. The largest absolute Gasteiger partial charge is 0.497 e. The van der Waals surface area contributed by atoms with Gasteiger partial charge in [-0.15, -0.1) is 0 Å². The molecule has 0 saturated carbocycles. The number of nitrogens with one attached hydrogen (secondary N) is 2. The second-order valence-corrected chi connectivity index (χ2v) is 8.12. The molecular weight excluding hydrogens is 462 g/mol. The van der Waals surface area contributed by atoms with Gasteiger partial charge in [-0.1, -0.05) is 37.3 Å². The summed E-state index contributed by atoms with van der Waals surface area (Å²) in [5.41, 5.74) is 2.36. The van der Waals surface area contributed by atoms with E-state index in [2.05, 4.69) is 10.6 Å². The monoisotopic (exact) mass is 495 g/mol. The Morgan fingerprint density at radius 1 is 1.06 bits per heavy atom.